The molecule has 0 saturated carbocycles. The van der Waals surface area contributed by atoms with E-state index < -0.39 is 0 Å². The van der Waals surface area contributed by atoms with Gasteiger partial charge in [0.15, 0.2) is 0 Å². The molecule has 0 unspecified atom stereocenters. The molecule has 3 rings (SSSR count). The number of carbonyl (C=O) groups is 1. The molecule has 0 aliphatic carbocycles. The fraction of sp³-hybridized carbons (Fsp3) is 0.429. The Morgan fingerprint density at radius 3 is 2.58 bits per heavy atom. The van der Waals surface area contributed by atoms with Crippen LogP contribution in [0.2, 0.25) is 0 Å². The number of amides is 1. The van der Waals surface area contributed by atoms with E-state index in [0.717, 1.165) is 43.1 Å². The van der Waals surface area contributed by atoms with E-state index in [-0.39, 0.29) is 12.0 Å². The van der Waals surface area contributed by atoms with E-state index in [1.165, 1.54) is 0 Å². The molecular weight excluding hydrogens is 326 g/mol. The minimum Gasteiger partial charge on any atom is -0.489 e. The Labute approximate surface area is 155 Å². The number of pyridine rings is 1. The molecule has 1 aliphatic rings. The maximum atomic E-state index is 12.6. The summed E-state index contributed by atoms with van der Waals surface area (Å²) < 4.78 is 5.82. The molecule has 0 radical (unpaired) electrons. The average Bonchev–Trinajstić information content (AvgIpc) is 2.64. The molecule has 138 valence electrons. The van der Waals surface area contributed by atoms with Gasteiger partial charge >= 0.3 is 0 Å². The summed E-state index contributed by atoms with van der Waals surface area (Å²) in [7, 11) is 0. The van der Waals surface area contributed by atoms with E-state index in [1.54, 1.807) is 12.3 Å². The Hall–Kier alpha value is -2.56. The SMILES string of the molecule is CC1CCN(C(=O)c2ccc(Nc3ccccc3OC(C)C)cn2)CC1. The van der Waals surface area contributed by atoms with Gasteiger partial charge in [-0.1, -0.05) is 19.1 Å². The van der Waals surface area contributed by atoms with E-state index >= 15 is 0 Å². The van der Waals surface area contributed by atoms with Gasteiger partial charge in [-0.05, 0) is 56.9 Å². The van der Waals surface area contributed by atoms with Crippen molar-refractivity contribution in [2.24, 2.45) is 5.92 Å². The molecule has 1 saturated heterocycles. The van der Waals surface area contributed by atoms with Crippen LogP contribution in [0.4, 0.5) is 11.4 Å². The number of nitrogens with zero attached hydrogens (tertiary/aromatic N) is 2. The standard InChI is InChI=1S/C21H27N3O2/c1-15(2)26-20-7-5-4-6-18(20)23-17-8-9-19(22-14-17)21(25)24-12-10-16(3)11-13-24/h4-9,14-16,23H,10-13H2,1-3H3. The third kappa shape index (κ3) is 4.54. The summed E-state index contributed by atoms with van der Waals surface area (Å²) in [5.41, 5.74) is 2.21. The molecule has 2 aromatic rings. The molecule has 5 nitrogen and oxygen atoms in total. The van der Waals surface area contributed by atoms with Gasteiger partial charge in [-0.3, -0.25) is 4.79 Å². The molecule has 0 spiro atoms. The zero-order valence-corrected chi connectivity index (χ0v) is 15.7. The molecule has 26 heavy (non-hydrogen) atoms. The fourth-order valence-corrected chi connectivity index (χ4v) is 3.05. The normalized spacial score (nSPS) is 15.2. The van der Waals surface area contributed by atoms with Crippen LogP contribution in [0.3, 0.4) is 0 Å². The number of nitrogens with one attached hydrogen (secondary N) is 1. The van der Waals surface area contributed by atoms with Gasteiger partial charge in [0.2, 0.25) is 0 Å². The first-order valence-electron chi connectivity index (χ1n) is 9.31. The summed E-state index contributed by atoms with van der Waals surface area (Å²) in [4.78, 5) is 18.8. The van der Waals surface area contributed by atoms with Crippen LogP contribution < -0.4 is 10.1 Å². The first-order chi connectivity index (χ1) is 12.5. The molecule has 1 N–H and O–H groups in total. The molecule has 1 aromatic heterocycles. The lowest BCUT2D eigenvalue weighted by Gasteiger charge is -2.30. The second-order valence-electron chi connectivity index (χ2n) is 7.19. The van der Waals surface area contributed by atoms with Crippen LogP contribution in [-0.2, 0) is 0 Å². The second-order valence-corrected chi connectivity index (χ2v) is 7.19. The predicted octanol–water partition coefficient (Wildman–Crippen LogP) is 4.48. The predicted molar refractivity (Wildman–Crippen MR) is 104 cm³/mol. The van der Waals surface area contributed by atoms with Gasteiger partial charge in [0.1, 0.15) is 11.4 Å². The highest BCUT2D eigenvalue weighted by molar-refractivity contribution is 5.92. The Morgan fingerprint density at radius 1 is 1.19 bits per heavy atom. The Kier molecular flexibility index (Phi) is 5.76. The topological polar surface area (TPSA) is 54.5 Å². The minimum atomic E-state index is 0.0204. The summed E-state index contributed by atoms with van der Waals surface area (Å²) >= 11 is 0. The van der Waals surface area contributed by atoms with Crippen molar-refractivity contribution in [2.75, 3.05) is 18.4 Å². The van der Waals surface area contributed by atoms with Gasteiger partial charge in [0, 0.05) is 13.1 Å². The van der Waals surface area contributed by atoms with Gasteiger partial charge in [0.05, 0.1) is 23.7 Å². The van der Waals surface area contributed by atoms with Crippen LogP contribution in [0.1, 0.15) is 44.1 Å². The van der Waals surface area contributed by atoms with E-state index in [2.05, 4.69) is 17.2 Å². The highest BCUT2D eigenvalue weighted by Gasteiger charge is 2.22. The summed E-state index contributed by atoms with van der Waals surface area (Å²) in [6, 6.07) is 11.5. The van der Waals surface area contributed by atoms with E-state index in [0.29, 0.717) is 11.6 Å². The summed E-state index contributed by atoms with van der Waals surface area (Å²) in [5, 5.41) is 3.32. The number of hydrogen-bond acceptors (Lipinski definition) is 4. The number of hydrogen-bond donors (Lipinski definition) is 1. The van der Waals surface area contributed by atoms with Gasteiger partial charge in [0.25, 0.3) is 5.91 Å². The van der Waals surface area contributed by atoms with Crippen molar-refractivity contribution in [1.29, 1.82) is 0 Å². The lowest BCUT2D eigenvalue weighted by molar-refractivity contribution is 0.0691. The Morgan fingerprint density at radius 2 is 1.92 bits per heavy atom. The van der Waals surface area contributed by atoms with Crippen LogP contribution in [0.5, 0.6) is 5.75 Å². The molecule has 1 aromatic carbocycles. The highest BCUT2D eigenvalue weighted by atomic mass is 16.5. The smallest absolute Gasteiger partial charge is 0.272 e. The Balaban J connectivity index is 1.68. The maximum Gasteiger partial charge on any atom is 0.272 e. The Bertz CT molecular complexity index is 735. The maximum absolute atomic E-state index is 12.6. The zero-order valence-electron chi connectivity index (χ0n) is 15.7. The summed E-state index contributed by atoms with van der Waals surface area (Å²) in [6.07, 6.45) is 3.94. The molecule has 1 aliphatic heterocycles. The lowest BCUT2D eigenvalue weighted by atomic mass is 9.99. The molecule has 2 heterocycles. The van der Waals surface area contributed by atoms with Crippen LogP contribution in [0, 0.1) is 5.92 Å². The highest BCUT2D eigenvalue weighted by Crippen LogP contribution is 2.28. The third-order valence-corrected chi connectivity index (χ3v) is 4.58. The largest absolute Gasteiger partial charge is 0.489 e. The second kappa shape index (κ2) is 8.21. The molecule has 1 amide bonds. The number of piperidine rings is 1. The van der Waals surface area contributed by atoms with Crippen molar-refractivity contribution >= 4 is 17.3 Å². The number of benzene rings is 1. The number of para-hydroxylation sites is 2. The number of ether oxygens (including phenoxy) is 1. The monoisotopic (exact) mass is 353 g/mol. The first kappa shape index (κ1) is 18.2. The van der Waals surface area contributed by atoms with Crippen molar-refractivity contribution in [3.63, 3.8) is 0 Å². The van der Waals surface area contributed by atoms with Crippen LogP contribution in [0.25, 0.3) is 0 Å². The quantitative estimate of drug-likeness (QED) is 0.861. The summed E-state index contributed by atoms with van der Waals surface area (Å²) in [6.45, 7) is 7.88. The average molecular weight is 353 g/mol. The van der Waals surface area contributed by atoms with E-state index in [1.807, 2.05) is 49.1 Å². The van der Waals surface area contributed by atoms with Gasteiger partial charge in [-0.2, -0.15) is 0 Å². The number of anilines is 2. The first-order valence-corrected chi connectivity index (χ1v) is 9.31. The molecule has 1 fully saturated rings. The minimum absolute atomic E-state index is 0.0204. The molecule has 0 atom stereocenters. The zero-order chi connectivity index (χ0) is 18.5. The van der Waals surface area contributed by atoms with Gasteiger partial charge in [-0.15, -0.1) is 0 Å². The van der Waals surface area contributed by atoms with Crippen molar-refractivity contribution in [2.45, 2.75) is 39.7 Å². The summed E-state index contributed by atoms with van der Waals surface area (Å²) in [5.74, 6) is 1.52. The fourth-order valence-electron chi connectivity index (χ4n) is 3.05. The number of likely N-dealkylation sites (tertiary alicyclic amines) is 1. The molecular formula is C21H27N3O2. The van der Waals surface area contributed by atoms with Crippen molar-refractivity contribution in [3.05, 3.63) is 48.3 Å². The van der Waals surface area contributed by atoms with Crippen molar-refractivity contribution < 1.29 is 9.53 Å². The third-order valence-electron chi connectivity index (χ3n) is 4.58. The molecule has 0 bridgehead atoms. The van der Waals surface area contributed by atoms with E-state index in [4.69, 9.17) is 4.74 Å². The number of rotatable bonds is 5. The van der Waals surface area contributed by atoms with Crippen LogP contribution >= 0.6 is 0 Å². The van der Waals surface area contributed by atoms with Crippen LogP contribution in [0.15, 0.2) is 42.6 Å². The van der Waals surface area contributed by atoms with E-state index in [9.17, 15) is 4.79 Å². The van der Waals surface area contributed by atoms with Crippen LogP contribution in [-0.4, -0.2) is 35.0 Å². The number of carbonyl (C=O) groups excluding carboxylic acids is 1. The van der Waals surface area contributed by atoms with Gasteiger partial charge in [-0.25, -0.2) is 4.98 Å². The van der Waals surface area contributed by atoms with Crippen molar-refractivity contribution in [1.82, 2.24) is 9.88 Å². The molecule has 5 heteroatoms. The van der Waals surface area contributed by atoms with Crippen molar-refractivity contribution in [3.8, 4) is 5.75 Å². The lowest BCUT2D eigenvalue weighted by Crippen LogP contribution is -2.38. The van der Waals surface area contributed by atoms with Gasteiger partial charge < -0.3 is 15.0 Å². The number of aromatic nitrogens is 1.